The number of benzene rings is 1. The minimum absolute atomic E-state index is 0.0262. The average Bonchev–Trinajstić information content (AvgIpc) is 2.62. The van der Waals surface area contributed by atoms with Crippen LogP contribution in [0.15, 0.2) is 24.3 Å². The molecule has 5 nitrogen and oxygen atoms in total. The van der Waals surface area contributed by atoms with E-state index >= 15 is 0 Å². The summed E-state index contributed by atoms with van der Waals surface area (Å²) in [6, 6.07) is 7.94. The van der Waals surface area contributed by atoms with E-state index in [0.29, 0.717) is 0 Å². The number of aliphatic hydroxyl groups is 2. The Balaban J connectivity index is 1.86. The first-order valence-electron chi connectivity index (χ1n) is 5.84. The van der Waals surface area contributed by atoms with Gasteiger partial charge in [-0.15, -0.1) is 0 Å². The van der Waals surface area contributed by atoms with E-state index in [-0.39, 0.29) is 25.0 Å². The summed E-state index contributed by atoms with van der Waals surface area (Å²) in [6.07, 6.45) is -0.547. The summed E-state index contributed by atoms with van der Waals surface area (Å²) in [6.45, 7) is -0.281. The largest absolute Gasteiger partial charge is 0.394 e. The zero-order valence-electron chi connectivity index (χ0n) is 9.34. The Morgan fingerprint density at radius 1 is 1.29 bits per heavy atom. The maximum Gasteiger partial charge on any atom is 0.130 e. The molecule has 0 aromatic heterocycles. The smallest absolute Gasteiger partial charge is 0.130 e. The molecule has 3 rings (SSSR count). The van der Waals surface area contributed by atoms with Crippen LogP contribution in [0.4, 0.5) is 11.4 Å². The number of para-hydroxylation sites is 2. The molecule has 5 heteroatoms. The van der Waals surface area contributed by atoms with Crippen molar-refractivity contribution in [1.29, 1.82) is 0 Å². The topological polar surface area (TPSA) is 73.8 Å². The van der Waals surface area contributed by atoms with Crippen LogP contribution in [0.3, 0.4) is 0 Å². The Bertz CT molecular complexity index is 412. The first-order chi connectivity index (χ1) is 8.28. The molecule has 1 aromatic carbocycles. The highest BCUT2D eigenvalue weighted by molar-refractivity contribution is 5.70. The number of rotatable bonds is 2. The number of fused-ring (bicyclic) bond motifs is 3. The molecular formula is C12H16N2O3. The summed E-state index contributed by atoms with van der Waals surface area (Å²) < 4.78 is 5.69. The Morgan fingerprint density at radius 2 is 2.00 bits per heavy atom. The second-order valence-corrected chi connectivity index (χ2v) is 4.52. The quantitative estimate of drug-likeness (QED) is 0.596. The minimum Gasteiger partial charge on any atom is -0.394 e. The van der Waals surface area contributed by atoms with Gasteiger partial charge in [-0.25, -0.2) is 0 Å². The van der Waals surface area contributed by atoms with Crippen LogP contribution in [-0.4, -0.2) is 41.3 Å². The number of nitrogens with one attached hydrogen (secondary N) is 2. The van der Waals surface area contributed by atoms with Crippen LogP contribution in [0.2, 0.25) is 0 Å². The highest BCUT2D eigenvalue weighted by Gasteiger charge is 2.41. The average molecular weight is 236 g/mol. The van der Waals surface area contributed by atoms with Crippen LogP contribution in [0.5, 0.6) is 0 Å². The predicted octanol–water partition coefficient (Wildman–Crippen LogP) is 0.361. The molecule has 1 saturated heterocycles. The van der Waals surface area contributed by atoms with Gasteiger partial charge in [0, 0.05) is 6.42 Å². The van der Waals surface area contributed by atoms with E-state index in [2.05, 4.69) is 10.6 Å². The van der Waals surface area contributed by atoms with E-state index in [1.807, 2.05) is 24.3 Å². The Labute approximate surface area is 99.4 Å². The zero-order chi connectivity index (χ0) is 11.8. The molecule has 92 valence electrons. The van der Waals surface area contributed by atoms with Gasteiger partial charge in [-0.05, 0) is 12.1 Å². The number of anilines is 2. The normalized spacial score (nSPS) is 32.0. The molecule has 2 aliphatic rings. The molecule has 1 fully saturated rings. The molecule has 0 radical (unpaired) electrons. The van der Waals surface area contributed by atoms with Crippen molar-refractivity contribution in [1.82, 2.24) is 0 Å². The van der Waals surface area contributed by atoms with E-state index < -0.39 is 6.10 Å². The van der Waals surface area contributed by atoms with Gasteiger partial charge < -0.3 is 25.6 Å². The summed E-state index contributed by atoms with van der Waals surface area (Å²) in [5, 5.41) is 25.3. The lowest BCUT2D eigenvalue weighted by molar-refractivity contribution is -0.0499. The highest BCUT2D eigenvalue weighted by Crippen LogP contribution is 2.34. The van der Waals surface area contributed by atoms with E-state index in [1.54, 1.807) is 0 Å². The van der Waals surface area contributed by atoms with Crippen molar-refractivity contribution >= 4 is 11.4 Å². The fourth-order valence-electron chi connectivity index (χ4n) is 2.51. The third-order valence-electron chi connectivity index (χ3n) is 3.34. The van der Waals surface area contributed by atoms with Crippen molar-refractivity contribution < 1.29 is 14.9 Å². The number of ether oxygens (including phenoxy) is 1. The van der Waals surface area contributed by atoms with Gasteiger partial charge in [-0.2, -0.15) is 0 Å². The van der Waals surface area contributed by atoms with E-state index in [1.165, 1.54) is 0 Å². The summed E-state index contributed by atoms with van der Waals surface area (Å²) in [7, 11) is 0. The second-order valence-electron chi connectivity index (χ2n) is 4.52. The van der Waals surface area contributed by atoms with Gasteiger partial charge in [0.15, 0.2) is 0 Å². The molecule has 0 amide bonds. The van der Waals surface area contributed by atoms with Crippen LogP contribution in [0.25, 0.3) is 0 Å². The van der Waals surface area contributed by atoms with Crippen molar-refractivity contribution in [2.24, 2.45) is 0 Å². The number of hydrogen-bond acceptors (Lipinski definition) is 5. The Morgan fingerprint density at radius 3 is 2.71 bits per heavy atom. The SMILES string of the molecule is OCC(O)[C@@H]1O[C@@H]2C[C@@H]1Nc1ccccc1N2. The Kier molecular flexibility index (Phi) is 2.66. The van der Waals surface area contributed by atoms with Gasteiger partial charge in [-0.3, -0.25) is 0 Å². The number of hydrogen-bond donors (Lipinski definition) is 4. The standard InChI is InChI=1S/C12H16N2O3/c15-6-10(16)12-9-5-11(17-12)14-8-4-2-1-3-7(8)13-9/h1-4,9-16H,5-6H2/t9-,10?,11+,12+/m0/s1. The first-order valence-corrected chi connectivity index (χ1v) is 5.84. The molecule has 0 spiro atoms. The van der Waals surface area contributed by atoms with E-state index in [9.17, 15) is 5.11 Å². The Hall–Kier alpha value is -1.30. The van der Waals surface area contributed by atoms with Crippen LogP contribution in [0.1, 0.15) is 6.42 Å². The maximum absolute atomic E-state index is 9.70. The maximum atomic E-state index is 9.70. The molecule has 4 N–H and O–H groups in total. The van der Waals surface area contributed by atoms with Crippen molar-refractivity contribution in [2.75, 3.05) is 17.2 Å². The van der Waals surface area contributed by atoms with Gasteiger partial charge in [0.2, 0.25) is 0 Å². The van der Waals surface area contributed by atoms with Gasteiger partial charge in [0.05, 0.1) is 24.0 Å². The fourth-order valence-corrected chi connectivity index (χ4v) is 2.51. The van der Waals surface area contributed by atoms with Crippen molar-refractivity contribution in [2.45, 2.75) is 30.9 Å². The summed E-state index contributed by atoms with van der Waals surface area (Å²) in [4.78, 5) is 0. The summed E-state index contributed by atoms with van der Waals surface area (Å²) >= 11 is 0. The lowest BCUT2D eigenvalue weighted by atomic mass is 10.1. The molecule has 1 aromatic rings. The molecule has 2 bridgehead atoms. The number of aliphatic hydroxyl groups excluding tert-OH is 2. The van der Waals surface area contributed by atoms with Crippen molar-refractivity contribution in [3.8, 4) is 0 Å². The molecule has 0 aliphatic carbocycles. The molecule has 1 unspecified atom stereocenters. The van der Waals surface area contributed by atoms with E-state index in [0.717, 1.165) is 17.8 Å². The monoisotopic (exact) mass is 236 g/mol. The minimum atomic E-state index is -0.843. The zero-order valence-corrected chi connectivity index (χ0v) is 9.34. The predicted molar refractivity (Wildman–Crippen MR) is 63.8 cm³/mol. The van der Waals surface area contributed by atoms with E-state index in [4.69, 9.17) is 9.84 Å². The fraction of sp³-hybridized carbons (Fsp3) is 0.500. The van der Waals surface area contributed by atoms with Gasteiger partial charge >= 0.3 is 0 Å². The lowest BCUT2D eigenvalue weighted by Crippen LogP contribution is -2.41. The van der Waals surface area contributed by atoms with Crippen LogP contribution in [-0.2, 0) is 4.74 Å². The molecule has 4 atom stereocenters. The molecule has 0 saturated carbocycles. The third kappa shape index (κ3) is 1.86. The molecule has 17 heavy (non-hydrogen) atoms. The second kappa shape index (κ2) is 4.18. The van der Waals surface area contributed by atoms with Crippen molar-refractivity contribution in [3.63, 3.8) is 0 Å². The molecule has 2 heterocycles. The molecule has 2 aliphatic heterocycles. The van der Waals surface area contributed by atoms with Gasteiger partial charge in [0.25, 0.3) is 0 Å². The first kappa shape index (κ1) is 10.8. The third-order valence-corrected chi connectivity index (χ3v) is 3.34. The summed E-state index contributed by atoms with van der Waals surface area (Å²) in [5.74, 6) is 0. The lowest BCUT2D eigenvalue weighted by Gasteiger charge is -2.26. The molecular weight excluding hydrogens is 220 g/mol. The van der Waals surface area contributed by atoms with Gasteiger partial charge in [0.1, 0.15) is 18.4 Å². The summed E-state index contributed by atoms with van der Waals surface area (Å²) in [5.41, 5.74) is 2.02. The van der Waals surface area contributed by atoms with Crippen LogP contribution >= 0.6 is 0 Å². The van der Waals surface area contributed by atoms with Crippen LogP contribution < -0.4 is 10.6 Å². The highest BCUT2D eigenvalue weighted by atomic mass is 16.5. The van der Waals surface area contributed by atoms with Crippen LogP contribution in [0, 0.1) is 0 Å². The van der Waals surface area contributed by atoms with Gasteiger partial charge in [-0.1, -0.05) is 12.1 Å². The van der Waals surface area contributed by atoms with Crippen molar-refractivity contribution in [3.05, 3.63) is 24.3 Å².